The highest BCUT2D eigenvalue weighted by atomic mass is 32.2. The van der Waals surface area contributed by atoms with Gasteiger partial charge in [0.1, 0.15) is 0 Å². The van der Waals surface area contributed by atoms with Crippen LogP contribution in [-0.4, -0.2) is 49.1 Å². The van der Waals surface area contributed by atoms with Gasteiger partial charge in [0.05, 0.1) is 10.9 Å². The summed E-state index contributed by atoms with van der Waals surface area (Å²) in [5, 5.41) is 2.75. The number of rotatable bonds is 4. The van der Waals surface area contributed by atoms with Crippen LogP contribution in [0.25, 0.3) is 0 Å². The minimum atomic E-state index is -3.15. The van der Waals surface area contributed by atoms with Crippen LogP contribution in [0.15, 0.2) is 5.38 Å². The number of sulfonamides is 1. The van der Waals surface area contributed by atoms with Crippen LogP contribution in [0.5, 0.6) is 0 Å². The molecule has 0 aliphatic carbocycles. The Balaban J connectivity index is 2.06. The molecule has 0 saturated carbocycles. The van der Waals surface area contributed by atoms with Crippen molar-refractivity contribution in [1.29, 1.82) is 0 Å². The van der Waals surface area contributed by atoms with Crippen molar-refractivity contribution in [3.05, 3.63) is 11.1 Å². The van der Waals surface area contributed by atoms with E-state index >= 15 is 0 Å². The smallest absolute Gasteiger partial charge is 0.216 e. The Morgan fingerprint density at radius 3 is 2.70 bits per heavy atom. The molecule has 1 saturated heterocycles. The van der Waals surface area contributed by atoms with Crippen molar-refractivity contribution in [3.8, 4) is 0 Å². The molecular formula is C13H23N3O2S2. The molecule has 0 radical (unpaired) electrons. The molecule has 1 fully saturated rings. The minimum Gasteiger partial charge on any atom is -0.347 e. The molecule has 2 heterocycles. The van der Waals surface area contributed by atoms with Gasteiger partial charge in [0, 0.05) is 31.6 Å². The highest BCUT2D eigenvalue weighted by Crippen LogP contribution is 2.23. The van der Waals surface area contributed by atoms with E-state index in [1.165, 1.54) is 0 Å². The molecule has 0 bridgehead atoms. The Bertz CT molecular complexity index is 542. The average molecular weight is 317 g/mol. The van der Waals surface area contributed by atoms with Crippen molar-refractivity contribution in [2.75, 3.05) is 31.1 Å². The van der Waals surface area contributed by atoms with E-state index in [9.17, 15) is 8.42 Å². The van der Waals surface area contributed by atoms with Crippen LogP contribution in [0.2, 0.25) is 0 Å². The Labute approximate surface area is 125 Å². The highest BCUT2D eigenvalue weighted by molar-refractivity contribution is 7.89. The van der Waals surface area contributed by atoms with Crippen LogP contribution in [0.3, 0.4) is 0 Å². The second kappa shape index (κ2) is 6.41. The monoisotopic (exact) mass is 317 g/mol. The molecule has 1 unspecified atom stereocenters. The van der Waals surface area contributed by atoms with E-state index in [-0.39, 0.29) is 5.25 Å². The van der Waals surface area contributed by atoms with Crippen molar-refractivity contribution in [2.45, 2.75) is 38.9 Å². The lowest BCUT2D eigenvalue weighted by Gasteiger charge is -2.24. The van der Waals surface area contributed by atoms with Gasteiger partial charge in [-0.3, -0.25) is 0 Å². The van der Waals surface area contributed by atoms with Crippen molar-refractivity contribution < 1.29 is 8.42 Å². The number of hydrogen-bond acceptors (Lipinski definition) is 5. The molecule has 7 heteroatoms. The maximum Gasteiger partial charge on any atom is 0.216 e. The van der Waals surface area contributed by atoms with Gasteiger partial charge in [0.15, 0.2) is 5.13 Å². The maximum atomic E-state index is 12.4. The molecule has 1 atom stereocenters. The van der Waals surface area contributed by atoms with Crippen molar-refractivity contribution in [3.63, 3.8) is 0 Å². The van der Waals surface area contributed by atoms with Gasteiger partial charge in [-0.15, -0.1) is 11.3 Å². The zero-order chi connectivity index (χ0) is 14.8. The summed E-state index contributed by atoms with van der Waals surface area (Å²) in [5.74, 6) is 0. The standard InChI is InChI=1S/C13H23N3O2S2/c1-4-12(3)20(17,18)16-7-5-6-15(8-9-16)13-14-11(2)10-19-13/h10,12H,4-9H2,1-3H3. The number of aryl methyl sites for hydroxylation is 1. The van der Waals surface area contributed by atoms with E-state index in [0.29, 0.717) is 19.5 Å². The summed E-state index contributed by atoms with van der Waals surface area (Å²) in [6.07, 6.45) is 1.52. The number of aromatic nitrogens is 1. The molecule has 20 heavy (non-hydrogen) atoms. The SMILES string of the molecule is CCC(C)S(=O)(=O)N1CCCN(c2nc(C)cs2)CC1. The highest BCUT2D eigenvalue weighted by Gasteiger charge is 2.29. The van der Waals surface area contributed by atoms with Crippen LogP contribution in [0, 0.1) is 6.92 Å². The molecule has 5 nitrogen and oxygen atoms in total. The molecule has 2 rings (SSSR count). The van der Waals surface area contributed by atoms with E-state index in [1.54, 1.807) is 22.6 Å². The first-order valence-electron chi connectivity index (χ1n) is 7.11. The van der Waals surface area contributed by atoms with Gasteiger partial charge in [0.25, 0.3) is 0 Å². The fraction of sp³-hybridized carbons (Fsp3) is 0.769. The summed E-state index contributed by atoms with van der Waals surface area (Å²) in [5.41, 5.74) is 1.03. The fourth-order valence-corrected chi connectivity index (χ4v) is 4.80. The lowest BCUT2D eigenvalue weighted by atomic mass is 10.4. The normalized spacial score (nSPS) is 19.9. The van der Waals surface area contributed by atoms with Gasteiger partial charge in [-0.1, -0.05) is 6.92 Å². The summed E-state index contributed by atoms with van der Waals surface area (Å²) in [6.45, 7) is 8.48. The molecule has 1 aromatic heterocycles. The minimum absolute atomic E-state index is 0.295. The van der Waals surface area contributed by atoms with Gasteiger partial charge in [0.2, 0.25) is 10.0 Å². The first-order valence-corrected chi connectivity index (χ1v) is 9.49. The van der Waals surface area contributed by atoms with E-state index in [1.807, 2.05) is 19.2 Å². The van der Waals surface area contributed by atoms with Crippen LogP contribution in [-0.2, 0) is 10.0 Å². The molecule has 1 aliphatic heterocycles. The van der Waals surface area contributed by atoms with Crippen molar-refractivity contribution >= 4 is 26.5 Å². The van der Waals surface area contributed by atoms with Gasteiger partial charge in [-0.2, -0.15) is 4.31 Å². The van der Waals surface area contributed by atoms with Crippen molar-refractivity contribution in [2.24, 2.45) is 0 Å². The largest absolute Gasteiger partial charge is 0.347 e. The van der Waals surface area contributed by atoms with Crippen LogP contribution in [0.1, 0.15) is 32.4 Å². The number of nitrogens with zero attached hydrogens (tertiary/aromatic N) is 3. The predicted octanol–water partition coefficient (Wildman–Crippen LogP) is 2.09. The fourth-order valence-electron chi connectivity index (χ4n) is 2.29. The summed E-state index contributed by atoms with van der Waals surface area (Å²) in [4.78, 5) is 6.69. The molecular weight excluding hydrogens is 294 g/mol. The lowest BCUT2D eigenvalue weighted by molar-refractivity contribution is 0.424. The summed E-state index contributed by atoms with van der Waals surface area (Å²) in [7, 11) is -3.15. The van der Waals surface area contributed by atoms with Gasteiger partial charge in [-0.05, 0) is 26.7 Å². The zero-order valence-corrected chi connectivity index (χ0v) is 14.0. The second-order valence-electron chi connectivity index (χ2n) is 5.27. The third-order valence-corrected chi connectivity index (χ3v) is 7.23. The Morgan fingerprint density at radius 1 is 1.35 bits per heavy atom. The number of thiazole rings is 1. The third kappa shape index (κ3) is 3.32. The lowest BCUT2D eigenvalue weighted by Crippen LogP contribution is -2.39. The van der Waals surface area contributed by atoms with Crippen LogP contribution < -0.4 is 4.90 Å². The molecule has 0 amide bonds. The maximum absolute atomic E-state index is 12.4. The summed E-state index contributed by atoms with van der Waals surface area (Å²) < 4.78 is 26.5. The Hall–Kier alpha value is -0.660. The van der Waals surface area contributed by atoms with Crippen molar-refractivity contribution in [1.82, 2.24) is 9.29 Å². The molecule has 1 aliphatic rings. The number of anilines is 1. The quantitative estimate of drug-likeness (QED) is 0.853. The average Bonchev–Trinajstić information content (AvgIpc) is 2.71. The molecule has 1 aromatic rings. The van der Waals surface area contributed by atoms with E-state index < -0.39 is 10.0 Å². The van der Waals surface area contributed by atoms with Gasteiger partial charge >= 0.3 is 0 Å². The molecule has 0 N–H and O–H groups in total. The predicted molar refractivity (Wildman–Crippen MR) is 83.9 cm³/mol. The summed E-state index contributed by atoms with van der Waals surface area (Å²) >= 11 is 1.63. The zero-order valence-electron chi connectivity index (χ0n) is 12.4. The van der Waals surface area contributed by atoms with E-state index in [0.717, 1.165) is 30.3 Å². The van der Waals surface area contributed by atoms with Crippen LogP contribution in [0.4, 0.5) is 5.13 Å². The number of hydrogen-bond donors (Lipinski definition) is 0. The van der Waals surface area contributed by atoms with E-state index in [4.69, 9.17) is 0 Å². The molecule has 0 aromatic carbocycles. The second-order valence-corrected chi connectivity index (χ2v) is 8.46. The topological polar surface area (TPSA) is 53.5 Å². The van der Waals surface area contributed by atoms with E-state index in [2.05, 4.69) is 9.88 Å². The molecule has 0 spiro atoms. The first kappa shape index (κ1) is 15.7. The first-order chi connectivity index (χ1) is 9.45. The van der Waals surface area contributed by atoms with Crippen LogP contribution >= 0.6 is 11.3 Å². The Kier molecular flexibility index (Phi) is 5.04. The van der Waals surface area contributed by atoms with Gasteiger partial charge < -0.3 is 4.90 Å². The molecule has 114 valence electrons. The van der Waals surface area contributed by atoms with Gasteiger partial charge in [-0.25, -0.2) is 13.4 Å². The third-order valence-electron chi connectivity index (χ3n) is 3.78. The Morgan fingerprint density at radius 2 is 2.10 bits per heavy atom. The summed E-state index contributed by atoms with van der Waals surface area (Å²) in [6, 6.07) is 0.